The summed E-state index contributed by atoms with van der Waals surface area (Å²) in [5, 5.41) is 10.0. The summed E-state index contributed by atoms with van der Waals surface area (Å²) in [5.74, 6) is 0.224. The SMILES string of the molecule is Cn1cc(-c2cc3cc(CC(=O)CN4CCCCC4)ncc3cn2)nn1. The molecule has 26 heavy (non-hydrogen) atoms. The molecule has 4 heterocycles. The summed E-state index contributed by atoms with van der Waals surface area (Å²) < 4.78 is 1.65. The lowest BCUT2D eigenvalue weighted by molar-refractivity contribution is -0.119. The molecule has 7 heteroatoms. The molecular weight excluding hydrogens is 328 g/mol. The van der Waals surface area contributed by atoms with Crippen molar-refractivity contribution in [1.29, 1.82) is 0 Å². The van der Waals surface area contributed by atoms with E-state index in [2.05, 4.69) is 25.2 Å². The number of ketones is 1. The Morgan fingerprint density at radius 2 is 1.85 bits per heavy atom. The van der Waals surface area contributed by atoms with Gasteiger partial charge < -0.3 is 0 Å². The van der Waals surface area contributed by atoms with E-state index < -0.39 is 0 Å². The van der Waals surface area contributed by atoms with Crippen molar-refractivity contribution in [2.45, 2.75) is 25.7 Å². The third-order valence-electron chi connectivity index (χ3n) is 4.75. The molecule has 1 aliphatic rings. The van der Waals surface area contributed by atoms with Gasteiger partial charge in [-0.25, -0.2) is 0 Å². The molecule has 0 N–H and O–H groups in total. The molecule has 0 aromatic carbocycles. The van der Waals surface area contributed by atoms with Gasteiger partial charge in [-0.1, -0.05) is 11.6 Å². The summed E-state index contributed by atoms with van der Waals surface area (Å²) in [4.78, 5) is 23.5. The number of likely N-dealkylation sites (tertiary alicyclic amines) is 1. The highest BCUT2D eigenvalue weighted by molar-refractivity contribution is 5.87. The molecule has 1 saturated heterocycles. The second-order valence-corrected chi connectivity index (χ2v) is 6.92. The van der Waals surface area contributed by atoms with Crippen LogP contribution in [0.5, 0.6) is 0 Å². The van der Waals surface area contributed by atoms with E-state index in [0.29, 0.717) is 13.0 Å². The zero-order valence-electron chi connectivity index (χ0n) is 14.9. The van der Waals surface area contributed by atoms with Crippen LogP contribution in [0.15, 0.2) is 30.7 Å². The summed E-state index contributed by atoms with van der Waals surface area (Å²) in [5.41, 5.74) is 2.30. The second kappa shape index (κ2) is 7.29. The van der Waals surface area contributed by atoms with Crippen molar-refractivity contribution in [3.05, 3.63) is 36.4 Å². The van der Waals surface area contributed by atoms with Gasteiger partial charge in [-0.3, -0.25) is 24.3 Å². The van der Waals surface area contributed by atoms with Crippen LogP contribution < -0.4 is 0 Å². The van der Waals surface area contributed by atoms with E-state index in [1.807, 2.05) is 25.4 Å². The monoisotopic (exact) mass is 350 g/mol. The third kappa shape index (κ3) is 3.77. The Hall–Kier alpha value is -2.67. The number of Topliss-reactive ketones (excluding diaryl/α,β-unsaturated/α-hetero) is 1. The van der Waals surface area contributed by atoms with Gasteiger partial charge in [0.1, 0.15) is 5.69 Å². The summed E-state index contributed by atoms with van der Waals surface area (Å²) in [6.45, 7) is 2.59. The minimum atomic E-state index is 0.224. The topological polar surface area (TPSA) is 76.8 Å². The van der Waals surface area contributed by atoms with E-state index >= 15 is 0 Å². The van der Waals surface area contributed by atoms with Crippen LogP contribution in [0, 0.1) is 0 Å². The zero-order valence-corrected chi connectivity index (χ0v) is 14.9. The summed E-state index contributed by atoms with van der Waals surface area (Å²) in [7, 11) is 1.83. The smallest absolute Gasteiger partial charge is 0.152 e. The lowest BCUT2D eigenvalue weighted by atomic mass is 10.1. The van der Waals surface area contributed by atoms with E-state index in [4.69, 9.17) is 0 Å². The lowest BCUT2D eigenvalue weighted by Gasteiger charge is -2.25. The Morgan fingerprint density at radius 3 is 2.62 bits per heavy atom. The van der Waals surface area contributed by atoms with Crippen LogP contribution in [-0.4, -0.2) is 55.3 Å². The largest absolute Gasteiger partial charge is 0.298 e. The molecule has 4 rings (SSSR count). The van der Waals surface area contributed by atoms with Crippen LogP contribution in [0.3, 0.4) is 0 Å². The van der Waals surface area contributed by atoms with Crippen molar-refractivity contribution in [3.8, 4) is 11.4 Å². The number of aryl methyl sites for hydroxylation is 1. The minimum absolute atomic E-state index is 0.224. The average molecular weight is 350 g/mol. The quantitative estimate of drug-likeness (QED) is 0.701. The molecule has 0 amide bonds. The molecule has 0 bridgehead atoms. The molecule has 134 valence electrons. The fraction of sp³-hybridized carbons (Fsp3) is 0.421. The Morgan fingerprint density at radius 1 is 1.04 bits per heavy atom. The normalized spacial score (nSPS) is 15.4. The molecule has 0 saturated carbocycles. The maximum absolute atomic E-state index is 12.4. The predicted molar refractivity (Wildman–Crippen MR) is 98.5 cm³/mol. The van der Waals surface area contributed by atoms with Crippen LogP contribution >= 0.6 is 0 Å². The van der Waals surface area contributed by atoms with Crippen LogP contribution in [-0.2, 0) is 18.3 Å². The van der Waals surface area contributed by atoms with Gasteiger partial charge in [-0.15, -0.1) is 5.10 Å². The van der Waals surface area contributed by atoms with Gasteiger partial charge in [0.25, 0.3) is 0 Å². The average Bonchev–Trinajstić information content (AvgIpc) is 3.08. The molecule has 0 spiro atoms. The molecule has 0 radical (unpaired) electrons. The fourth-order valence-corrected chi connectivity index (χ4v) is 3.41. The lowest BCUT2D eigenvalue weighted by Crippen LogP contribution is -2.35. The molecular formula is C19H22N6O. The van der Waals surface area contributed by atoms with Crippen LogP contribution in [0.25, 0.3) is 22.2 Å². The molecule has 1 fully saturated rings. The number of nitrogens with zero attached hydrogens (tertiary/aromatic N) is 6. The first-order valence-electron chi connectivity index (χ1n) is 9.03. The van der Waals surface area contributed by atoms with Crippen molar-refractivity contribution >= 4 is 16.6 Å². The summed E-state index contributed by atoms with van der Waals surface area (Å²) in [6.07, 6.45) is 9.43. The van der Waals surface area contributed by atoms with Gasteiger partial charge in [0.05, 0.1) is 24.9 Å². The molecule has 1 aliphatic heterocycles. The van der Waals surface area contributed by atoms with Gasteiger partial charge in [0, 0.05) is 30.5 Å². The van der Waals surface area contributed by atoms with Gasteiger partial charge in [-0.2, -0.15) is 0 Å². The first-order chi connectivity index (χ1) is 12.7. The molecule has 0 atom stereocenters. The summed E-state index contributed by atoms with van der Waals surface area (Å²) in [6, 6.07) is 3.95. The first kappa shape index (κ1) is 16.8. The van der Waals surface area contributed by atoms with E-state index in [9.17, 15) is 4.79 Å². The highest BCUT2D eigenvalue weighted by atomic mass is 16.1. The van der Waals surface area contributed by atoms with Crippen LogP contribution in [0.4, 0.5) is 0 Å². The maximum Gasteiger partial charge on any atom is 0.152 e. The van der Waals surface area contributed by atoms with Gasteiger partial charge in [0.15, 0.2) is 5.78 Å². The molecule has 7 nitrogen and oxygen atoms in total. The number of pyridine rings is 2. The van der Waals surface area contributed by atoms with Gasteiger partial charge >= 0.3 is 0 Å². The van der Waals surface area contributed by atoms with E-state index in [0.717, 1.165) is 40.9 Å². The Labute approximate surface area is 152 Å². The van der Waals surface area contributed by atoms with Crippen molar-refractivity contribution in [3.63, 3.8) is 0 Å². The van der Waals surface area contributed by atoms with Gasteiger partial charge in [0.2, 0.25) is 0 Å². The van der Waals surface area contributed by atoms with Crippen molar-refractivity contribution in [2.24, 2.45) is 7.05 Å². The standard InChI is InChI=1S/C19H22N6O/c1-24-13-19(22-23-24)18-8-14-7-16(20-10-15(14)11-21-18)9-17(26)12-25-5-3-2-4-6-25/h7-8,10-11,13H,2-6,9,12H2,1H3. The molecule has 3 aromatic rings. The van der Waals surface area contributed by atoms with E-state index in [-0.39, 0.29) is 5.78 Å². The third-order valence-corrected chi connectivity index (χ3v) is 4.75. The van der Waals surface area contributed by atoms with E-state index in [1.54, 1.807) is 17.1 Å². The number of hydrogen-bond donors (Lipinski definition) is 0. The number of piperidine rings is 1. The molecule has 3 aromatic heterocycles. The molecule has 0 aliphatic carbocycles. The number of rotatable bonds is 5. The Kier molecular flexibility index (Phi) is 4.71. The van der Waals surface area contributed by atoms with Crippen molar-refractivity contribution in [2.75, 3.05) is 19.6 Å². The number of carbonyl (C=O) groups excluding carboxylic acids is 1. The summed E-state index contributed by atoms with van der Waals surface area (Å²) >= 11 is 0. The van der Waals surface area contributed by atoms with E-state index in [1.165, 1.54) is 19.3 Å². The first-order valence-corrected chi connectivity index (χ1v) is 9.03. The van der Waals surface area contributed by atoms with Crippen LogP contribution in [0.2, 0.25) is 0 Å². The number of aromatic nitrogens is 5. The maximum atomic E-state index is 12.4. The number of fused-ring (bicyclic) bond motifs is 1. The molecule has 0 unspecified atom stereocenters. The Balaban J connectivity index is 1.51. The Bertz CT molecular complexity index is 929. The number of hydrogen-bond acceptors (Lipinski definition) is 6. The minimum Gasteiger partial charge on any atom is -0.298 e. The van der Waals surface area contributed by atoms with Crippen molar-refractivity contribution in [1.82, 2.24) is 29.9 Å². The highest BCUT2D eigenvalue weighted by Gasteiger charge is 2.15. The second-order valence-electron chi connectivity index (χ2n) is 6.92. The van der Waals surface area contributed by atoms with Gasteiger partial charge in [-0.05, 0) is 43.5 Å². The van der Waals surface area contributed by atoms with Crippen LogP contribution in [0.1, 0.15) is 25.0 Å². The zero-order chi connectivity index (χ0) is 17.9. The number of carbonyl (C=O) groups is 1. The predicted octanol–water partition coefficient (Wildman–Crippen LogP) is 2.02. The fourth-order valence-electron chi connectivity index (χ4n) is 3.41. The highest BCUT2D eigenvalue weighted by Crippen LogP contribution is 2.20. The van der Waals surface area contributed by atoms with Crippen molar-refractivity contribution < 1.29 is 4.79 Å².